The Morgan fingerprint density at radius 3 is 2.25 bits per heavy atom. The molecule has 0 aliphatic carbocycles. The van der Waals surface area contributed by atoms with Crippen molar-refractivity contribution in [2.24, 2.45) is 0 Å². The van der Waals surface area contributed by atoms with E-state index in [4.69, 9.17) is 10.5 Å². The summed E-state index contributed by atoms with van der Waals surface area (Å²) >= 11 is 2.63. The Balaban J connectivity index is 3.49. The van der Waals surface area contributed by atoms with Gasteiger partial charge in [0, 0.05) is 0 Å². The Kier molecular flexibility index (Phi) is 3.70. The van der Waals surface area contributed by atoms with Crippen molar-refractivity contribution < 1.29 is 13.2 Å². The van der Waals surface area contributed by atoms with Crippen LogP contribution in [-0.4, -0.2) is 0 Å². The minimum absolute atomic E-state index is 0.366. The fraction of sp³-hybridized carbons (Fsp3) is 0. The molecule has 0 unspecified atom stereocenters. The Morgan fingerprint density at radius 2 is 1.75 bits per heavy atom. The molecule has 0 atom stereocenters. The van der Waals surface area contributed by atoms with Crippen LogP contribution in [0, 0.1) is 40.1 Å². The molecule has 0 N–H and O–H groups in total. The summed E-state index contributed by atoms with van der Waals surface area (Å²) in [5.74, 6) is -3.79. The van der Waals surface area contributed by atoms with Crippen LogP contribution in [0.4, 0.5) is 13.2 Å². The monoisotopic (exact) mass is 286 g/mol. The van der Waals surface area contributed by atoms with Crippen molar-refractivity contribution in [2.45, 2.75) is 0 Å². The molecule has 1 rings (SSSR count). The Hall–Kier alpha value is -1.79. The van der Waals surface area contributed by atoms with Crippen LogP contribution in [0.3, 0.4) is 0 Å². The van der Waals surface area contributed by atoms with E-state index in [0.29, 0.717) is 6.08 Å². The number of halogens is 4. The van der Waals surface area contributed by atoms with Gasteiger partial charge < -0.3 is 0 Å². The van der Waals surface area contributed by atoms with Gasteiger partial charge in [0.1, 0.15) is 23.5 Å². The zero-order chi connectivity index (χ0) is 12.3. The smallest absolute Gasteiger partial charge is 0.173 e. The lowest BCUT2D eigenvalue weighted by atomic mass is 10.1. The largest absolute Gasteiger partial charge is 0.206 e. The first-order chi connectivity index (χ1) is 7.51. The van der Waals surface area contributed by atoms with Crippen molar-refractivity contribution in [3.8, 4) is 12.1 Å². The highest BCUT2D eigenvalue weighted by atomic mass is 79.9. The van der Waals surface area contributed by atoms with E-state index in [1.54, 1.807) is 0 Å². The Labute approximate surface area is 97.4 Å². The molecule has 2 nitrogen and oxygen atoms in total. The molecule has 1 aromatic carbocycles. The van der Waals surface area contributed by atoms with Crippen LogP contribution in [0.5, 0.6) is 0 Å². The van der Waals surface area contributed by atoms with Crippen LogP contribution >= 0.6 is 15.9 Å². The maximum atomic E-state index is 13.2. The fourth-order valence-corrected chi connectivity index (χ4v) is 1.32. The summed E-state index contributed by atoms with van der Waals surface area (Å²) in [6.07, 6.45) is 0.653. The second-order valence-corrected chi connectivity index (χ2v) is 3.52. The van der Waals surface area contributed by atoms with Gasteiger partial charge in [0.15, 0.2) is 11.6 Å². The van der Waals surface area contributed by atoms with Crippen LogP contribution in [0.15, 0.2) is 16.1 Å². The van der Waals surface area contributed by atoms with E-state index in [0.717, 1.165) is 6.07 Å². The molecule has 0 spiro atoms. The lowest BCUT2D eigenvalue weighted by Crippen LogP contribution is -1.95. The SMILES string of the molecule is N#CC(C#N)=Cc1c(F)cc(Br)c(F)c1F. The van der Waals surface area contributed by atoms with Crippen molar-refractivity contribution >= 4 is 22.0 Å². The zero-order valence-electron chi connectivity index (χ0n) is 7.56. The molecule has 0 heterocycles. The number of nitrogens with zero attached hydrogens (tertiary/aromatic N) is 2. The van der Waals surface area contributed by atoms with Crippen LogP contribution in [-0.2, 0) is 0 Å². The van der Waals surface area contributed by atoms with Crippen molar-refractivity contribution in [1.29, 1.82) is 10.5 Å². The highest BCUT2D eigenvalue weighted by molar-refractivity contribution is 9.10. The maximum Gasteiger partial charge on any atom is 0.173 e. The van der Waals surface area contributed by atoms with Crippen LogP contribution in [0.2, 0.25) is 0 Å². The number of benzene rings is 1. The third-order valence-corrected chi connectivity index (χ3v) is 2.26. The minimum atomic E-state index is -1.45. The molecular weight excluding hydrogens is 285 g/mol. The molecule has 0 fully saturated rings. The number of hydrogen-bond donors (Lipinski definition) is 0. The first kappa shape index (κ1) is 12.3. The molecule has 0 aromatic heterocycles. The van der Waals surface area contributed by atoms with E-state index in [1.165, 1.54) is 12.1 Å². The lowest BCUT2D eigenvalue weighted by Gasteiger charge is -2.02. The molecule has 0 aliphatic rings. The normalized spacial score (nSPS) is 9.12. The molecule has 0 amide bonds. The summed E-state index contributed by atoms with van der Waals surface area (Å²) in [6.45, 7) is 0. The number of nitriles is 2. The molecule has 6 heteroatoms. The predicted octanol–water partition coefficient (Wildman–Crippen LogP) is 3.30. The Bertz CT molecular complexity index is 537. The van der Waals surface area contributed by atoms with Gasteiger partial charge in [-0.25, -0.2) is 13.2 Å². The molecule has 80 valence electrons. The molecule has 16 heavy (non-hydrogen) atoms. The van der Waals surface area contributed by atoms with Gasteiger partial charge >= 0.3 is 0 Å². The van der Waals surface area contributed by atoms with E-state index in [9.17, 15) is 13.2 Å². The van der Waals surface area contributed by atoms with E-state index >= 15 is 0 Å². The van der Waals surface area contributed by atoms with E-state index in [-0.39, 0.29) is 4.47 Å². The predicted molar refractivity (Wildman–Crippen MR) is 53.2 cm³/mol. The van der Waals surface area contributed by atoms with Gasteiger partial charge in [-0.3, -0.25) is 0 Å². The van der Waals surface area contributed by atoms with Crippen molar-refractivity contribution in [1.82, 2.24) is 0 Å². The quantitative estimate of drug-likeness (QED) is 0.452. The summed E-state index contributed by atoms with van der Waals surface area (Å²) in [5, 5.41) is 16.8. The third kappa shape index (κ3) is 2.23. The van der Waals surface area contributed by atoms with Crippen LogP contribution in [0.25, 0.3) is 6.08 Å². The van der Waals surface area contributed by atoms with Crippen molar-refractivity contribution in [2.75, 3.05) is 0 Å². The zero-order valence-corrected chi connectivity index (χ0v) is 9.15. The average molecular weight is 287 g/mol. The van der Waals surface area contributed by atoms with Gasteiger partial charge in [0.2, 0.25) is 0 Å². The van der Waals surface area contributed by atoms with Crippen LogP contribution in [0.1, 0.15) is 5.56 Å². The van der Waals surface area contributed by atoms with Gasteiger partial charge in [-0.15, -0.1) is 0 Å². The first-order valence-corrected chi connectivity index (χ1v) is 4.65. The molecule has 0 bridgehead atoms. The summed E-state index contributed by atoms with van der Waals surface area (Å²) in [4.78, 5) is 0. The highest BCUT2D eigenvalue weighted by Crippen LogP contribution is 2.25. The van der Waals surface area contributed by atoms with E-state index < -0.39 is 28.6 Å². The van der Waals surface area contributed by atoms with Crippen LogP contribution < -0.4 is 0 Å². The van der Waals surface area contributed by atoms with Gasteiger partial charge in [0.25, 0.3) is 0 Å². The number of allylic oxidation sites excluding steroid dienone is 1. The van der Waals surface area contributed by atoms with Gasteiger partial charge in [-0.1, -0.05) is 0 Å². The molecule has 0 saturated heterocycles. The number of hydrogen-bond acceptors (Lipinski definition) is 2. The van der Waals surface area contributed by atoms with E-state index in [2.05, 4.69) is 15.9 Å². The Morgan fingerprint density at radius 1 is 1.19 bits per heavy atom. The molecule has 0 saturated carbocycles. The summed E-state index contributed by atoms with van der Waals surface area (Å²) < 4.78 is 39.2. The van der Waals surface area contributed by atoms with Gasteiger partial charge in [-0.05, 0) is 28.1 Å². The topological polar surface area (TPSA) is 47.6 Å². The van der Waals surface area contributed by atoms with Gasteiger partial charge in [0.05, 0.1) is 10.0 Å². The standard InChI is InChI=1S/C10H2BrF3N2/c11-7-2-8(12)6(9(13)10(7)14)1-5(3-15)4-16/h1-2H. The molecule has 1 aromatic rings. The second-order valence-electron chi connectivity index (χ2n) is 2.66. The molecule has 0 aliphatic heterocycles. The second kappa shape index (κ2) is 4.82. The highest BCUT2D eigenvalue weighted by Gasteiger charge is 2.16. The van der Waals surface area contributed by atoms with Gasteiger partial charge in [-0.2, -0.15) is 10.5 Å². The first-order valence-electron chi connectivity index (χ1n) is 3.86. The fourth-order valence-electron chi connectivity index (χ4n) is 0.946. The lowest BCUT2D eigenvalue weighted by molar-refractivity contribution is 0.487. The summed E-state index contributed by atoms with van der Waals surface area (Å²) in [6, 6.07) is 3.56. The summed E-state index contributed by atoms with van der Waals surface area (Å²) in [7, 11) is 0. The summed E-state index contributed by atoms with van der Waals surface area (Å²) in [5.41, 5.74) is -1.27. The van der Waals surface area contributed by atoms with Crippen molar-refractivity contribution in [3.05, 3.63) is 39.1 Å². The average Bonchev–Trinajstić information content (AvgIpc) is 2.27. The third-order valence-electron chi connectivity index (χ3n) is 1.68. The molecule has 0 radical (unpaired) electrons. The maximum absolute atomic E-state index is 13.2. The van der Waals surface area contributed by atoms with E-state index in [1.807, 2.05) is 0 Å². The van der Waals surface area contributed by atoms with Crippen molar-refractivity contribution in [3.63, 3.8) is 0 Å². The molecular formula is C10H2BrF3N2. The number of rotatable bonds is 1. The minimum Gasteiger partial charge on any atom is -0.206 e.